The van der Waals surface area contributed by atoms with Gasteiger partial charge in [0, 0.05) is 57.4 Å². The maximum atomic E-state index is 14.5. The van der Waals surface area contributed by atoms with Gasteiger partial charge in [0.05, 0.1) is 23.7 Å². The number of aldehydes is 1. The van der Waals surface area contributed by atoms with Crippen LogP contribution in [0.5, 0.6) is 5.75 Å². The minimum atomic E-state index is -1.59. The van der Waals surface area contributed by atoms with Gasteiger partial charge in [-0.2, -0.15) is 0 Å². The van der Waals surface area contributed by atoms with Crippen LogP contribution in [0, 0.1) is 29.1 Å². The quantitative estimate of drug-likeness (QED) is 0.0659. The standard InChI is InChI=1S/C50H75N5O10/c1-32(2)28-54(29-33(3)4)44(60)22-13-16-35(7)43-21-12-10-11-20-42(59)37(9)46(61)50(31-56,24-23-36(8)57)30-51-45(34(5)6)47(62)52-41(27-38-17-14-18-39(58)26-38)48(63)55-25-15-19-40(53-55)49(64)65-43/h10-14,16-18,20,22,26,31-34,37,40-43,45-46,51,53,58-59,61H,15,19,21,23-25,27-30H2,1-9H3,(H,52,62)/b12-10+,20-11+,22-13+,35-16+/t37-,40?,41-,42-,43-,45-,46+,50-/m0/s1. The number of aromatic hydroxyl groups is 1. The summed E-state index contributed by atoms with van der Waals surface area (Å²) in [5.41, 5.74) is 2.65. The monoisotopic (exact) mass is 906 g/mol. The number of nitrogens with zero attached hydrogens (tertiary/aromatic N) is 2. The van der Waals surface area contributed by atoms with Crippen molar-refractivity contribution < 1.29 is 48.8 Å². The number of amides is 3. The number of phenols is 1. The average molecular weight is 906 g/mol. The molecule has 0 aliphatic carbocycles. The molecule has 0 aromatic heterocycles. The summed E-state index contributed by atoms with van der Waals surface area (Å²) >= 11 is 0. The van der Waals surface area contributed by atoms with Gasteiger partial charge in [0.1, 0.15) is 36.0 Å². The van der Waals surface area contributed by atoms with E-state index in [1.807, 2.05) is 4.90 Å². The van der Waals surface area contributed by atoms with E-state index in [0.29, 0.717) is 43.4 Å². The fourth-order valence-corrected chi connectivity index (χ4v) is 8.06. The Labute approximate surface area is 385 Å². The van der Waals surface area contributed by atoms with Gasteiger partial charge in [-0.15, -0.1) is 0 Å². The molecule has 15 nitrogen and oxygen atoms in total. The molecule has 3 rings (SSSR count). The van der Waals surface area contributed by atoms with Crippen LogP contribution in [-0.4, -0.2) is 124 Å². The lowest BCUT2D eigenvalue weighted by Gasteiger charge is -2.39. The number of carbonyl (C=O) groups excluding carboxylic acids is 6. The van der Waals surface area contributed by atoms with Crippen LogP contribution < -0.4 is 16.1 Å². The highest BCUT2D eigenvalue weighted by atomic mass is 16.5. The normalized spacial score (nSPS) is 28.0. The van der Waals surface area contributed by atoms with Crippen LogP contribution in [0.3, 0.4) is 0 Å². The molecule has 65 heavy (non-hydrogen) atoms. The number of nitrogens with one attached hydrogen (secondary N) is 3. The van der Waals surface area contributed by atoms with E-state index >= 15 is 0 Å². The van der Waals surface area contributed by atoms with Crippen molar-refractivity contribution in [3.8, 4) is 5.75 Å². The third-order valence-corrected chi connectivity index (χ3v) is 11.9. The zero-order valence-electron chi connectivity index (χ0n) is 39.9. The Morgan fingerprint density at radius 3 is 2.34 bits per heavy atom. The zero-order valence-corrected chi connectivity index (χ0v) is 39.9. The number of fused-ring (bicyclic) bond motifs is 2. The highest BCUT2D eigenvalue weighted by Gasteiger charge is 2.44. The summed E-state index contributed by atoms with van der Waals surface area (Å²) in [5.74, 6) is -2.80. The van der Waals surface area contributed by atoms with Gasteiger partial charge in [-0.05, 0) is 74.1 Å². The molecule has 2 aliphatic heterocycles. The first-order valence-electron chi connectivity index (χ1n) is 23.1. The number of hydrogen-bond acceptors (Lipinski definition) is 12. The van der Waals surface area contributed by atoms with Crippen molar-refractivity contribution in [1.82, 2.24) is 26.0 Å². The highest BCUT2D eigenvalue weighted by molar-refractivity contribution is 5.90. The second-order valence-corrected chi connectivity index (χ2v) is 19.0. The topological polar surface area (TPSA) is 215 Å². The van der Waals surface area contributed by atoms with Gasteiger partial charge in [0.2, 0.25) is 11.8 Å². The Balaban J connectivity index is 2.09. The van der Waals surface area contributed by atoms with Gasteiger partial charge in [-0.3, -0.25) is 24.2 Å². The Hall–Kier alpha value is -4.96. The molecular formula is C50H75N5O10. The predicted octanol–water partition coefficient (Wildman–Crippen LogP) is 4.51. The molecule has 1 unspecified atom stereocenters. The molecule has 1 aromatic carbocycles. The third-order valence-electron chi connectivity index (χ3n) is 11.9. The van der Waals surface area contributed by atoms with E-state index in [-0.39, 0.29) is 74.0 Å². The molecule has 2 heterocycles. The number of ketones is 1. The molecule has 1 fully saturated rings. The number of ether oxygens (including phenoxy) is 1. The lowest BCUT2D eigenvalue weighted by Crippen LogP contribution is -2.62. The molecule has 1 aromatic rings. The van der Waals surface area contributed by atoms with Crippen LogP contribution >= 0.6 is 0 Å². The van der Waals surface area contributed by atoms with Crippen molar-refractivity contribution in [2.24, 2.45) is 29.1 Å². The fourth-order valence-electron chi connectivity index (χ4n) is 8.06. The molecule has 15 heteroatoms. The minimum absolute atomic E-state index is 0.0171. The molecule has 3 amide bonds. The lowest BCUT2D eigenvalue weighted by atomic mass is 9.72. The summed E-state index contributed by atoms with van der Waals surface area (Å²) in [5, 5.41) is 40.7. The number of rotatable bonds is 14. The molecule has 0 spiro atoms. The van der Waals surface area contributed by atoms with Gasteiger partial charge >= 0.3 is 5.97 Å². The van der Waals surface area contributed by atoms with E-state index in [4.69, 9.17) is 4.74 Å². The first-order chi connectivity index (χ1) is 30.7. The van der Waals surface area contributed by atoms with Crippen LogP contribution in [0.15, 0.2) is 72.4 Å². The SMILES string of the molecule is CC(=O)CC[C@@]1(C=O)CN[C@@H](C(C)C)C(=O)N[C@@H](Cc2cccc(O)c2)C(=O)N2CCCC(N2)C(=O)O[C@H](/C(C)=C/C=C/C(=O)N(CC(C)C)CC(C)C)C/C=C/C=C/[C@H](O)[C@H](C)[C@H]1O. The van der Waals surface area contributed by atoms with E-state index in [0.717, 1.165) is 0 Å². The molecule has 360 valence electrons. The van der Waals surface area contributed by atoms with Crippen LogP contribution in [0.2, 0.25) is 0 Å². The number of hydrogen-bond donors (Lipinski definition) is 6. The summed E-state index contributed by atoms with van der Waals surface area (Å²) in [4.78, 5) is 82.9. The van der Waals surface area contributed by atoms with E-state index in [9.17, 15) is 44.1 Å². The number of allylic oxidation sites excluding steroid dienone is 4. The largest absolute Gasteiger partial charge is 0.508 e. The minimum Gasteiger partial charge on any atom is -0.508 e. The maximum absolute atomic E-state index is 14.5. The molecule has 2 bridgehead atoms. The predicted molar refractivity (Wildman–Crippen MR) is 250 cm³/mol. The van der Waals surface area contributed by atoms with Gasteiger partial charge in [0.15, 0.2) is 0 Å². The molecule has 0 saturated carbocycles. The van der Waals surface area contributed by atoms with Crippen LogP contribution in [-0.2, 0) is 39.9 Å². The fraction of sp³-hybridized carbons (Fsp3) is 0.600. The molecule has 6 N–H and O–H groups in total. The van der Waals surface area contributed by atoms with Crippen molar-refractivity contribution in [1.29, 1.82) is 0 Å². The number of benzene rings is 1. The smallest absolute Gasteiger partial charge is 0.325 e. The number of carbonyl (C=O) groups is 6. The Kier molecular flexibility index (Phi) is 22.0. The van der Waals surface area contributed by atoms with Gasteiger partial charge < -0.3 is 45.2 Å². The van der Waals surface area contributed by atoms with E-state index in [1.165, 1.54) is 36.2 Å². The van der Waals surface area contributed by atoms with E-state index in [1.54, 1.807) is 70.2 Å². The summed E-state index contributed by atoms with van der Waals surface area (Å²) < 4.78 is 6.12. The highest BCUT2D eigenvalue weighted by Crippen LogP contribution is 2.33. The van der Waals surface area contributed by atoms with Crippen LogP contribution in [0.25, 0.3) is 0 Å². The third kappa shape index (κ3) is 17.1. The number of hydrazine groups is 1. The van der Waals surface area contributed by atoms with Gasteiger partial charge in [-0.25, -0.2) is 5.43 Å². The molecular weight excluding hydrogens is 831 g/mol. The maximum Gasteiger partial charge on any atom is 0.325 e. The Morgan fingerprint density at radius 2 is 1.72 bits per heavy atom. The van der Waals surface area contributed by atoms with Crippen LogP contribution in [0.1, 0.15) is 100.0 Å². The van der Waals surface area contributed by atoms with Crippen molar-refractivity contribution in [2.45, 2.75) is 137 Å². The van der Waals surface area contributed by atoms with Gasteiger partial charge in [-0.1, -0.05) is 97.1 Å². The number of aliphatic hydroxyl groups is 2. The summed E-state index contributed by atoms with van der Waals surface area (Å²) in [6.07, 6.45) is 9.33. The Morgan fingerprint density at radius 1 is 1.03 bits per heavy atom. The zero-order chi connectivity index (χ0) is 48.4. The number of esters is 1. The van der Waals surface area contributed by atoms with Crippen molar-refractivity contribution in [2.75, 3.05) is 26.2 Å². The average Bonchev–Trinajstić information content (AvgIpc) is 3.24. The summed E-state index contributed by atoms with van der Waals surface area (Å²) in [6.45, 7) is 17.8. The number of cyclic esters (lactones) is 1. The summed E-state index contributed by atoms with van der Waals surface area (Å²) in [7, 11) is 0. The molecule has 8 atom stereocenters. The number of aliphatic hydroxyl groups excluding tert-OH is 2. The van der Waals surface area contributed by atoms with Crippen LogP contribution in [0.4, 0.5) is 0 Å². The first kappa shape index (κ1) is 54.4. The Bertz CT molecular complexity index is 1880. The second-order valence-electron chi connectivity index (χ2n) is 19.0. The lowest BCUT2D eigenvalue weighted by molar-refractivity contribution is -0.156. The van der Waals surface area contributed by atoms with Crippen molar-refractivity contribution in [3.05, 3.63) is 77.9 Å². The van der Waals surface area contributed by atoms with E-state index < -0.39 is 65.6 Å². The number of Topliss-reactive ketones (excluding diaryl/α,β-unsaturated/α-hetero) is 1. The van der Waals surface area contributed by atoms with Crippen molar-refractivity contribution >= 4 is 35.8 Å². The van der Waals surface area contributed by atoms with E-state index in [2.05, 4.69) is 43.8 Å². The number of phenolic OH excluding ortho intramolecular Hbond substituents is 1. The van der Waals surface area contributed by atoms with Gasteiger partial charge in [0.25, 0.3) is 5.91 Å². The van der Waals surface area contributed by atoms with Crippen molar-refractivity contribution in [3.63, 3.8) is 0 Å². The molecule has 2 aliphatic rings. The summed E-state index contributed by atoms with van der Waals surface area (Å²) in [6, 6.07) is 3.24. The first-order valence-corrected chi connectivity index (χ1v) is 23.1. The molecule has 1 saturated heterocycles. The second kappa shape index (κ2) is 26.3. The molecule has 0 radical (unpaired) electrons.